The van der Waals surface area contributed by atoms with Crippen LogP contribution in [0.5, 0.6) is 5.75 Å². The summed E-state index contributed by atoms with van der Waals surface area (Å²) in [6, 6.07) is 8.03. The molecule has 1 aromatic carbocycles. The minimum atomic E-state index is 0.643. The largest absolute Gasteiger partial charge is 0.494 e. The lowest BCUT2D eigenvalue weighted by atomic mass is 10.3. The number of ether oxygens (including phenoxy) is 1. The van der Waals surface area contributed by atoms with Gasteiger partial charge in [0.25, 0.3) is 0 Å². The van der Waals surface area contributed by atoms with Gasteiger partial charge in [-0.25, -0.2) is 0 Å². The fourth-order valence-corrected chi connectivity index (χ4v) is 1.47. The minimum absolute atomic E-state index is 0.643. The molecular weight excluding hydrogens is 198 g/mol. The number of hydrogen-bond donors (Lipinski definition) is 0. The van der Waals surface area contributed by atoms with E-state index in [1.807, 2.05) is 38.2 Å². The molecule has 0 aromatic heterocycles. The molecule has 0 fully saturated rings. The molecule has 0 saturated carbocycles. The van der Waals surface area contributed by atoms with Crippen LogP contribution >= 0.6 is 11.6 Å². The van der Waals surface area contributed by atoms with E-state index >= 15 is 0 Å². The molecular formula is C11H16ClNO. The Morgan fingerprint density at radius 1 is 1.29 bits per heavy atom. The zero-order chi connectivity index (χ0) is 10.4. The Balaban J connectivity index is 2.62. The molecule has 0 aliphatic rings. The highest BCUT2D eigenvalue weighted by Crippen LogP contribution is 2.18. The number of nitrogens with zero attached hydrogens (tertiary/aromatic N) is 1. The maximum absolute atomic E-state index is 5.66. The molecule has 0 spiro atoms. The molecule has 1 rings (SSSR count). The molecule has 14 heavy (non-hydrogen) atoms. The molecule has 78 valence electrons. The van der Waals surface area contributed by atoms with Crippen molar-refractivity contribution in [1.29, 1.82) is 0 Å². The molecule has 0 radical (unpaired) electrons. The fourth-order valence-electron chi connectivity index (χ4n) is 1.22. The highest BCUT2D eigenvalue weighted by molar-refractivity contribution is 6.18. The van der Waals surface area contributed by atoms with Gasteiger partial charge in [0.1, 0.15) is 5.75 Å². The normalized spacial score (nSPS) is 9.93. The van der Waals surface area contributed by atoms with Crippen LogP contribution in [-0.2, 0) is 0 Å². The fraction of sp³-hybridized carbons (Fsp3) is 0.455. The second-order valence-electron chi connectivity index (χ2n) is 3.04. The van der Waals surface area contributed by atoms with E-state index in [0.717, 1.165) is 18.0 Å². The Morgan fingerprint density at radius 2 is 1.93 bits per heavy atom. The van der Waals surface area contributed by atoms with Crippen LogP contribution in [0.3, 0.4) is 0 Å². The van der Waals surface area contributed by atoms with Gasteiger partial charge in [0, 0.05) is 25.2 Å². The highest BCUT2D eigenvalue weighted by atomic mass is 35.5. The Morgan fingerprint density at radius 3 is 2.43 bits per heavy atom. The van der Waals surface area contributed by atoms with Crippen molar-refractivity contribution in [2.45, 2.75) is 6.92 Å². The Bertz CT molecular complexity index is 260. The van der Waals surface area contributed by atoms with E-state index in [1.54, 1.807) is 0 Å². The number of halogens is 1. The van der Waals surface area contributed by atoms with Crippen molar-refractivity contribution >= 4 is 17.3 Å². The molecule has 0 unspecified atom stereocenters. The van der Waals surface area contributed by atoms with Gasteiger partial charge in [-0.05, 0) is 31.2 Å². The molecule has 0 bridgehead atoms. The molecule has 0 saturated heterocycles. The first kappa shape index (κ1) is 11.2. The zero-order valence-corrected chi connectivity index (χ0v) is 9.42. The Labute approximate surface area is 90.4 Å². The first-order chi connectivity index (χ1) is 6.77. The summed E-state index contributed by atoms with van der Waals surface area (Å²) in [5.41, 5.74) is 1.16. The van der Waals surface area contributed by atoms with Crippen molar-refractivity contribution in [3.63, 3.8) is 0 Å². The van der Waals surface area contributed by atoms with Crippen LogP contribution in [0.4, 0.5) is 5.69 Å². The SMILES string of the molecule is CCOc1ccc(N(C)CCCl)cc1. The summed E-state index contributed by atoms with van der Waals surface area (Å²) in [4.78, 5) is 2.11. The number of alkyl halides is 1. The van der Waals surface area contributed by atoms with Gasteiger partial charge in [0.15, 0.2) is 0 Å². The van der Waals surface area contributed by atoms with E-state index in [0.29, 0.717) is 12.5 Å². The molecule has 1 aromatic rings. The quantitative estimate of drug-likeness (QED) is 0.698. The second-order valence-corrected chi connectivity index (χ2v) is 3.42. The molecule has 3 heteroatoms. The molecule has 0 aliphatic heterocycles. The average Bonchev–Trinajstić information content (AvgIpc) is 2.20. The lowest BCUT2D eigenvalue weighted by Gasteiger charge is -2.17. The third-order valence-electron chi connectivity index (χ3n) is 2.01. The van der Waals surface area contributed by atoms with Crippen LogP contribution in [0.2, 0.25) is 0 Å². The molecule has 0 N–H and O–H groups in total. The van der Waals surface area contributed by atoms with Gasteiger partial charge < -0.3 is 9.64 Å². The van der Waals surface area contributed by atoms with Crippen LogP contribution in [0, 0.1) is 0 Å². The van der Waals surface area contributed by atoms with Crippen LogP contribution in [-0.4, -0.2) is 26.1 Å². The van der Waals surface area contributed by atoms with Crippen LogP contribution < -0.4 is 9.64 Å². The van der Waals surface area contributed by atoms with E-state index in [1.165, 1.54) is 0 Å². The molecule has 0 atom stereocenters. The summed E-state index contributed by atoms with van der Waals surface area (Å²) in [6.07, 6.45) is 0. The molecule has 0 heterocycles. The summed E-state index contributed by atoms with van der Waals surface area (Å²) in [5, 5.41) is 0. The monoisotopic (exact) mass is 213 g/mol. The number of benzene rings is 1. The van der Waals surface area contributed by atoms with Crippen LogP contribution in [0.15, 0.2) is 24.3 Å². The second kappa shape index (κ2) is 5.76. The third-order valence-corrected chi connectivity index (χ3v) is 2.18. The summed E-state index contributed by atoms with van der Waals surface area (Å²) in [6.45, 7) is 3.54. The predicted octanol–water partition coefficient (Wildman–Crippen LogP) is 2.76. The van der Waals surface area contributed by atoms with E-state index in [4.69, 9.17) is 16.3 Å². The maximum Gasteiger partial charge on any atom is 0.119 e. The van der Waals surface area contributed by atoms with Gasteiger partial charge in [-0.3, -0.25) is 0 Å². The van der Waals surface area contributed by atoms with Gasteiger partial charge in [0.2, 0.25) is 0 Å². The van der Waals surface area contributed by atoms with Gasteiger partial charge in [0.05, 0.1) is 6.61 Å². The van der Waals surface area contributed by atoms with E-state index in [2.05, 4.69) is 4.90 Å². The maximum atomic E-state index is 5.66. The van der Waals surface area contributed by atoms with Crippen molar-refractivity contribution in [2.75, 3.05) is 31.0 Å². The number of rotatable bonds is 5. The Kier molecular flexibility index (Phi) is 4.60. The lowest BCUT2D eigenvalue weighted by Crippen LogP contribution is -2.19. The standard InChI is InChI=1S/C11H16ClNO/c1-3-14-11-6-4-10(5-7-11)13(2)9-8-12/h4-7H,3,8-9H2,1-2H3. The minimum Gasteiger partial charge on any atom is -0.494 e. The topological polar surface area (TPSA) is 12.5 Å². The van der Waals surface area contributed by atoms with Gasteiger partial charge in [-0.15, -0.1) is 11.6 Å². The zero-order valence-electron chi connectivity index (χ0n) is 8.66. The smallest absolute Gasteiger partial charge is 0.119 e. The summed E-state index contributed by atoms with van der Waals surface area (Å²) < 4.78 is 5.36. The summed E-state index contributed by atoms with van der Waals surface area (Å²) >= 11 is 5.66. The Hall–Kier alpha value is -0.890. The summed E-state index contributed by atoms with van der Waals surface area (Å²) in [5.74, 6) is 1.56. The van der Waals surface area contributed by atoms with Gasteiger partial charge in [-0.2, -0.15) is 0 Å². The number of anilines is 1. The van der Waals surface area contributed by atoms with E-state index in [-0.39, 0.29) is 0 Å². The average molecular weight is 214 g/mol. The summed E-state index contributed by atoms with van der Waals surface area (Å²) in [7, 11) is 2.03. The van der Waals surface area contributed by atoms with Crippen molar-refractivity contribution in [3.05, 3.63) is 24.3 Å². The van der Waals surface area contributed by atoms with Crippen LogP contribution in [0.1, 0.15) is 6.92 Å². The molecule has 0 amide bonds. The molecule has 2 nitrogen and oxygen atoms in total. The third kappa shape index (κ3) is 3.11. The van der Waals surface area contributed by atoms with Crippen molar-refractivity contribution < 1.29 is 4.74 Å². The molecule has 0 aliphatic carbocycles. The van der Waals surface area contributed by atoms with Crippen molar-refractivity contribution in [1.82, 2.24) is 0 Å². The van der Waals surface area contributed by atoms with Crippen molar-refractivity contribution in [3.8, 4) is 5.75 Å². The van der Waals surface area contributed by atoms with Crippen LogP contribution in [0.25, 0.3) is 0 Å². The van der Waals surface area contributed by atoms with Gasteiger partial charge >= 0.3 is 0 Å². The van der Waals surface area contributed by atoms with Gasteiger partial charge in [-0.1, -0.05) is 0 Å². The predicted molar refractivity (Wildman–Crippen MR) is 61.6 cm³/mol. The van der Waals surface area contributed by atoms with Crippen molar-refractivity contribution in [2.24, 2.45) is 0 Å². The number of hydrogen-bond acceptors (Lipinski definition) is 2. The lowest BCUT2D eigenvalue weighted by molar-refractivity contribution is 0.340. The first-order valence-corrected chi connectivity index (χ1v) is 5.31. The van der Waals surface area contributed by atoms with E-state index in [9.17, 15) is 0 Å². The first-order valence-electron chi connectivity index (χ1n) is 4.78. The van der Waals surface area contributed by atoms with E-state index < -0.39 is 0 Å². The highest BCUT2D eigenvalue weighted by Gasteiger charge is 1.99.